The van der Waals surface area contributed by atoms with Crippen LogP contribution in [0.4, 0.5) is 5.69 Å². The molecule has 1 aromatic rings. The fourth-order valence-corrected chi connectivity index (χ4v) is 2.80. The van der Waals surface area contributed by atoms with E-state index in [9.17, 15) is 0 Å². The monoisotopic (exact) mass is 306 g/mol. The summed E-state index contributed by atoms with van der Waals surface area (Å²) in [5.74, 6) is 0. The number of benzene rings is 1. The maximum atomic E-state index is 6.09. The maximum absolute atomic E-state index is 6.09. The van der Waals surface area contributed by atoms with Gasteiger partial charge in [0.05, 0.1) is 20.8 Å². The predicted molar refractivity (Wildman–Crippen MR) is 80.3 cm³/mol. The standard InChI is InChI=1S/C13H17Cl3N2/c14-10-8-12(16)13(9-11(10)15)17-4-3-7-18-5-1-2-6-18/h8-9,17H,1-7H2. The van der Waals surface area contributed by atoms with Crippen LogP contribution in [0, 0.1) is 0 Å². The van der Waals surface area contributed by atoms with Crippen molar-refractivity contribution in [2.45, 2.75) is 19.3 Å². The molecule has 0 amide bonds. The van der Waals surface area contributed by atoms with Gasteiger partial charge in [0.2, 0.25) is 0 Å². The maximum Gasteiger partial charge on any atom is 0.0653 e. The van der Waals surface area contributed by atoms with E-state index >= 15 is 0 Å². The molecule has 0 unspecified atom stereocenters. The molecular weight excluding hydrogens is 291 g/mol. The summed E-state index contributed by atoms with van der Waals surface area (Å²) in [4.78, 5) is 2.50. The molecule has 1 saturated heterocycles. The van der Waals surface area contributed by atoms with Gasteiger partial charge in [-0.2, -0.15) is 0 Å². The third-order valence-corrected chi connectivity index (χ3v) is 4.21. The van der Waals surface area contributed by atoms with E-state index in [-0.39, 0.29) is 0 Å². The van der Waals surface area contributed by atoms with Crippen molar-refractivity contribution in [2.75, 3.05) is 31.5 Å². The summed E-state index contributed by atoms with van der Waals surface area (Å²) in [6.07, 6.45) is 3.79. The molecular formula is C13H17Cl3N2. The lowest BCUT2D eigenvalue weighted by Crippen LogP contribution is -2.22. The summed E-state index contributed by atoms with van der Waals surface area (Å²) < 4.78 is 0. The zero-order chi connectivity index (χ0) is 13.0. The molecule has 5 heteroatoms. The van der Waals surface area contributed by atoms with Crippen LogP contribution in [0.1, 0.15) is 19.3 Å². The van der Waals surface area contributed by atoms with Crippen molar-refractivity contribution >= 4 is 40.5 Å². The summed E-state index contributed by atoms with van der Waals surface area (Å²) >= 11 is 17.9. The molecule has 1 aliphatic heterocycles. The van der Waals surface area contributed by atoms with Gasteiger partial charge in [-0.3, -0.25) is 0 Å². The van der Waals surface area contributed by atoms with Gasteiger partial charge in [-0.1, -0.05) is 34.8 Å². The van der Waals surface area contributed by atoms with Gasteiger partial charge in [-0.15, -0.1) is 0 Å². The number of likely N-dealkylation sites (tertiary alicyclic amines) is 1. The fraction of sp³-hybridized carbons (Fsp3) is 0.538. The second-order valence-corrected chi connectivity index (χ2v) is 5.80. The Morgan fingerprint density at radius 1 is 1.00 bits per heavy atom. The second-order valence-electron chi connectivity index (χ2n) is 4.58. The largest absolute Gasteiger partial charge is 0.384 e. The molecule has 18 heavy (non-hydrogen) atoms. The Morgan fingerprint density at radius 2 is 1.67 bits per heavy atom. The predicted octanol–water partition coefficient (Wildman–Crippen LogP) is 4.54. The van der Waals surface area contributed by atoms with Crippen molar-refractivity contribution in [3.05, 3.63) is 27.2 Å². The van der Waals surface area contributed by atoms with Gasteiger partial charge in [0.15, 0.2) is 0 Å². The smallest absolute Gasteiger partial charge is 0.0653 e. The van der Waals surface area contributed by atoms with Gasteiger partial charge in [0.1, 0.15) is 0 Å². The molecule has 0 radical (unpaired) electrons. The first-order valence-electron chi connectivity index (χ1n) is 6.27. The number of hydrogen-bond acceptors (Lipinski definition) is 2. The zero-order valence-corrected chi connectivity index (χ0v) is 12.5. The molecule has 1 fully saturated rings. The number of nitrogens with zero attached hydrogens (tertiary/aromatic N) is 1. The van der Waals surface area contributed by atoms with Crippen molar-refractivity contribution in [2.24, 2.45) is 0 Å². The Balaban J connectivity index is 1.77. The minimum absolute atomic E-state index is 0.490. The molecule has 0 aromatic heterocycles. The molecule has 100 valence electrons. The lowest BCUT2D eigenvalue weighted by molar-refractivity contribution is 0.337. The van der Waals surface area contributed by atoms with E-state index in [0.717, 1.165) is 25.2 Å². The lowest BCUT2D eigenvalue weighted by atomic mass is 10.3. The summed E-state index contributed by atoms with van der Waals surface area (Å²) in [5, 5.41) is 4.94. The molecule has 1 heterocycles. The summed E-state index contributed by atoms with van der Waals surface area (Å²) in [6.45, 7) is 4.53. The molecule has 1 N–H and O–H groups in total. The molecule has 2 nitrogen and oxygen atoms in total. The van der Waals surface area contributed by atoms with Crippen LogP contribution in [0.5, 0.6) is 0 Å². The molecule has 0 bridgehead atoms. The van der Waals surface area contributed by atoms with E-state index in [2.05, 4.69) is 10.2 Å². The first-order chi connectivity index (χ1) is 8.66. The molecule has 0 saturated carbocycles. The first-order valence-corrected chi connectivity index (χ1v) is 7.41. The third-order valence-electron chi connectivity index (χ3n) is 3.18. The van der Waals surface area contributed by atoms with Crippen LogP contribution in [-0.4, -0.2) is 31.1 Å². The molecule has 1 aromatic carbocycles. The summed E-state index contributed by atoms with van der Waals surface area (Å²) in [6, 6.07) is 3.45. The Hall–Kier alpha value is -0.150. The van der Waals surface area contributed by atoms with E-state index in [1.807, 2.05) is 0 Å². The average molecular weight is 308 g/mol. The van der Waals surface area contributed by atoms with Gasteiger partial charge in [-0.05, 0) is 51.0 Å². The highest BCUT2D eigenvalue weighted by Crippen LogP contribution is 2.32. The van der Waals surface area contributed by atoms with E-state index in [1.165, 1.54) is 25.9 Å². The number of rotatable bonds is 5. The topological polar surface area (TPSA) is 15.3 Å². The molecule has 0 spiro atoms. The van der Waals surface area contributed by atoms with Crippen LogP contribution in [-0.2, 0) is 0 Å². The number of nitrogens with one attached hydrogen (secondary N) is 1. The van der Waals surface area contributed by atoms with Gasteiger partial charge >= 0.3 is 0 Å². The summed E-state index contributed by atoms with van der Waals surface area (Å²) in [7, 11) is 0. The Labute approximate surface area is 123 Å². The van der Waals surface area contributed by atoms with Crippen molar-refractivity contribution < 1.29 is 0 Å². The van der Waals surface area contributed by atoms with E-state index in [1.54, 1.807) is 12.1 Å². The van der Waals surface area contributed by atoms with Gasteiger partial charge in [0.25, 0.3) is 0 Å². The Bertz CT molecular complexity index is 403. The van der Waals surface area contributed by atoms with E-state index in [4.69, 9.17) is 34.8 Å². The zero-order valence-electron chi connectivity index (χ0n) is 10.2. The minimum Gasteiger partial charge on any atom is -0.384 e. The van der Waals surface area contributed by atoms with Gasteiger partial charge < -0.3 is 10.2 Å². The van der Waals surface area contributed by atoms with Crippen molar-refractivity contribution in [3.63, 3.8) is 0 Å². The van der Waals surface area contributed by atoms with E-state index < -0.39 is 0 Å². The van der Waals surface area contributed by atoms with Crippen molar-refractivity contribution in [1.29, 1.82) is 0 Å². The first kappa shape index (κ1) is 14.3. The van der Waals surface area contributed by atoms with Gasteiger partial charge in [0, 0.05) is 6.54 Å². The third kappa shape index (κ3) is 3.92. The van der Waals surface area contributed by atoms with Crippen LogP contribution >= 0.6 is 34.8 Å². The average Bonchev–Trinajstić information content (AvgIpc) is 2.84. The van der Waals surface area contributed by atoms with Crippen LogP contribution < -0.4 is 5.32 Å². The molecule has 1 aliphatic rings. The molecule has 0 atom stereocenters. The number of halogens is 3. The highest BCUT2D eigenvalue weighted by atomic mass is 35.5. The van der Waals surface area contributed by atoms with Crippen LogP contribution in [0.2, 0.25) is 15.1 Å². The van der Waals surface area contributed by atoms with Crippen LogP contribution in [0.3, 0.4) is 0 Å². The van der Waals surface area contributed by atoms with Crippen molar-refractivity contribution in [1.82, 2.24) is 4.90 Å². The van der Waals surface area contributed by atoms with E-state index in [0.29, 0.717) is 15.1 Å². The quantitative estimate of drug-likeness (QED) is 0.634. The van der Waals surface area contributed by atoms with Crippen LogP contribution in [0.25, 0.3) is 0 Å². The highest BCUT2D eigenvalue weighted by Gasteiger charge is 2.10. The normalized spacial score (nSPS) is 16.2. The molecule has 0 aliphatic carbocycles. The lowest BCUT2D eigenvalue weighted by Gasteiger charge is -2.15. The van der Waals surface area contributed by atoms with Crippen molar-refractivity contribution in [3.8, 4) is 0 Å². The highest BCUT2D eigenvalue weighted by molar-refractivity contribution is 6.44. The fourth-order valence-electron chi connectivity index (χ4n) is 2.19. The number of anilines is 1. The Morgan fingerprint density at radius 3 is 2.39 bits per heavy atom. The van der Waals surface area contributed by atoms with Crippen LogP contribution in [0.15, 0.2) is 12.1 Å². The molecule has 2 rings (SSSR count). The van der Waals surface area contributed by atoms with Gasteiger partial charge in [-0.25, -0.2) is 0 Å². The second kappa shape index (κ2) is 6.85. The number of hydrogen-bond donors (Lipinski definition) is 1. The Kier molecular flexibility index (Phi) is 5.43. The SMILES string of the molecule is Clc1cc(Cl)c(NCCCN2CCCC2)cc1Cl. The summed E-state index contributed by atoms with van der Waals surface area (Å²) in [5.41, 5.74) is 0.854. The minimum atomic E-state index is 0.490.